The molecule has 2 aromatic heterocycles. The molecule has 1 aliphatic heterocycles. The third kappa shape index (κ3) is 4.00. The Morgan fingerprint density at radius 1 is 1.31 bits per heavy atom. The molecule has 1 fully saturated rings. The first-order valence-electron chi connectivity index (χ1n) is 11.8. The minimum atomic E-state index is -0.924. The second-order valence-electron chi connectivity index (χ2n) is 10.1. The molecule has 35 heavy (non-hydrogen) atoms. The predicted molar refractivity (Wildman–Crippen MR) is 132 cm³/mol. The summed E-state index contributed by atoms with van der Waals surface area (Å²) in [6.07, 6.45) is 2.14. The van der Waals surface area contributed by atoms with Crippen molar-refractivity contribution in [1.82, 2.24) is 14.8 Å². The molecule has 3 heterocycles. The molecular formula is C27H30FN3O4. The number of nitrogens with zero attached hydrogens (tertiary/aromatic N) is 2. The number of H-pyrrole nitrogens is 1. The second-order valence-corrected chi connectivity index (χ2v) is 10.1. The van der Waals surface area contributed by atoms with Crippen molar-refractivity contribution in [2.24, 2.45) is 0 Å². The van der Waals surface area contributed by atoms with Gasteiger partial charge in [0.25, 0.3) is 0 Å². The van der Waals surface area contributed by atoms with Crippen molar-refractivity contribution >= 4 is 27.8 Å². The van der Waals surface area contributed by atoms with Crippen LogP contribution in [-0.2, 0) is 19.7 Å². The van der Waals surface area contributed by atoms with Gasteiger partial charge in [-0.15, -0.1) is 0 Å². The number of aliphatic carboxylic acids is 1. The van der Waals surface area contributed by atoms with Gasteiger partial charge in [-0.2, -0.15) is 5.10 Å². The Kier molecular flexibility index (Phi) is 5.89. The summed E-state index contributed by atoms with van der Waals surface area (Å²) in [6.45, 7) is 6.83. The van der Waals surface area contributed by atoms with Gasteiger partial charge in [-0.25, -0.2) is 9.18 Å². The quantitative estimate of drug-likeness (QED) is 0.396. The molecule has 0 bridgehead atoms. The SMILES string of the molecule is COCC(C)(C)c1c(C2CCC(C(=O)O)OC2)c2cc3[nH]ncc3cc2n1-c1ccc(F)c(C)c1. The molecule has 184 valence electrons. The van der Waals surface area contributed by atoms with Crippen molar-refractivity contribution in [3.05, 3.63) is 59.2 Å². The maximum atomic E-state index is 14.2. The minimum absolute atomic E-state index is 0.00222. The van der Waals surface area contributed by atoms with Crippen molar-refractivity contribution in [1.29, 1.82) is 0 Å². The monoisotopic (exact) mass is 479 g/mol. The first-order chi connectivity index (χ1) is 16.7. The Balaban J connectivity index is 1.83. The van der Waals surface area contributed by atoms with Gasteiger partial charge in [0.15, 0.2) is 6.10 Å². The molecule has 8 heteroatoms. The lowest BCUT2D eigenvalue weighted by Crippen LogP contribution is -2.33. The zero-order valence-corrected chi connectivity index (χ0v) is 20.4. The molecule has 0 saturated carbocycles. The number of aromatic amines is 1. The highest BCUT2D eigenvalue weighted by Gasteiger charge is 2.37. The third-order valence-electron chi connectivity index (χ3n) is 7.07. The zero-order valence-electron chi connectivity index (χ0n) is 20.4. The molecule has 2 unspecified atom stereocenters. The van der Waals surface area contributed by atoms with Crippen LogP contribution in [-0.4, -0.2) is 52.3 Å². The molecule has 2 atom stereocenters. The maximum absolute atomic E-state index is 14.2. The van der Waals surface area contributed by atoms with E-state index in [1.807, 2.05) is 6.07 Å². The standard InChI is InChI=1S/C27H30FN3O4/c1-15-9-18(6-7-20(15)28)31-22-10-17-12-29-30-21(17)11-19(22)24(25(31)27(2,3)14-34-4)16-5-8-23(26(32)33)35-13-16/h6-7,9-12,16,23H,5,8,13-14H2,1-4H3,(H,29,30)(H,32,33). The van der Waals surface area contributed by atoms with Crippen LogP contribution in [0.3, 0.4) is 0 Å². The molecule has 2 N–H and O–H groups in total. The number of nitrogens with one attached hydrogen (secondary N) is 1. The number of methoxy groups -OCH3 is 1. The lowest BCUT2D eigenvalue weighted by Gasteiger charge is -2.32. The first-order valence-corrected chi connectivity index (χ1v) is 11.8. The number of rotatable bonds is 6. The first kappa shape index (κ1) is 23.5. The normalized spacial score (nSPS) is 19.0. The van der Waals surface area contributed by atoms with Crippen LogP contribution in [0.5, 0.6) is 0 Å². The van der Waals surface area contributed by atoms with Gasteiger partial charge in [0.1, 0.15) is 5.82 Å². The van der Waals surface area contributed by atoms with Crippen LogP contribution in [0, 0.1) is 12.7 Å². The molecule has 5 rings (SSSR count). The number of fused-ring (bicyclic) bond motifs is 2. The molecule has 2 aromatic carbocycles. The van der Waals surface area contributed by atoms with E-state index < -0.39 is 17.5 Å². The summed E-state index contributed by atoms with van der Waals surface area (Å²) in [5.41, 5.74) is 5.11. The van der Waals surface area contributed by atoms with E-state index >= 15 is 0 Å². The number of aryl methyl sites for hydroxylation is 1. The zero-order chi connectivity index (χ0) is 24.9. The number of ether oxygens (including phenoxy) is 2. The summed E-state index contributed by atoms with van der Waals surface area (Å²) in [7, 11) is 1.69. The van der Waals surface area contributed by atoms with Gasteiger partial charge in [-0.3, -0.25) is 5.10 Å². The predicted octanol–water partition coefficient (Wildman–Crippen LogP) is 5.23. The number of carboxylic acid groups (broad SMARTS) is 1. The van der Waals surface area contributed by atoms with Crippen LogP contribution in [0.2, 0.25) is 0 Å². The van der Waals surface area contributed by atoms with Crippen LogP contribution >= 0.6 is 0 Å². The number of benzene rings is 2. The summed E-state index contributed by atoms with van der Waals surface area (Å²) >= 11 is 0. The lowest BCUT2D eigenvalue weighted by molar-refractivity contribution is -0.153. The van der Waals surface area contributed by atoms with Crippen LogP contribution in [0.1, 0.15) is 49.4 Å². The number of carbonyl (C=O) groups is 1. The molecule has 7 nitrogen and oxygen atoms in total. The van der Waals surface area contributed by atoms with Gasteiger partial charge in [-0.1, -0.05) is 13.8 Å². The fourth-order valence-corrected chi connectivity index (χ4v) is 5.47. The summed E-state index contributed by atoms with van der Waals surface area (Å²) in [5, 5.41) is 18.7. The average molecular weight is 480 g/mol. The van der Waals surface area contributed by atoms with Gasteiger partial charge >= 0.3 is 5.97 Å². The molecular weight excluding hydrogens is 449 g/mol. The van der Waals surface area contributed by atoms with Crippen LogP contribution in [0.15, 0.2) is 36.5 Å². The van der Waals surface area contributed by atoms with Crippen LogP contribution in [0.4, 0.5) is 4.39 Å². The highest BCUT2D eigenvalue weighted by molar-refractivity contribution is 5.99. The number of halogens is 1. The van der Waals surface area contributed by atoms with Gasteiger partial charge in [0, 0.05) is 40.6 Å². The Hall–Kier alpha value is -3.23. The maximum Gasteiger partial charge on any atom is 0.332 e. The van der Waals surface area contributed by atoms with Crippen molar-refractivity contribution in [2.75, 3.05) is 20.3 Å². The molecule has 1 saturated heterocycles. The van der Waals surface area contributed by atoms with E-state index in [0.29, 0.717) is 31.6 Å². The summed E-state index contributed by atoms with van der Waals surface area (Å²) in [6, 6.07) is 9.38. The molecule has 0 amide bonds. The van der Waals surface area contributed by atoms with E-state index in [-0.39, 0.29) is 11.7 Å². The Labute approximate surface area is 202 Å². The Morgan fingerprint density at radius 2 is 2.11 bits per heavy atom. The topological polar surface area (TPSA) is 89.4 Å². The fourth-order valence-electron chi connectivity index (χ4n) is 5.47. The van der Waals surface area contributed by atoms with Gasteiger partial charge in [-0.05, 0) is 61.2 Å². The van der Waals surface area contributed by atoms with Gasteiger partial charge < -0.3 is 19.1 Å². The fraction of sp³-hybridized carbons (Fsp3) is 0.407. The highest BCUT2D eigenvalue weighted by atomic mass is 19.1. The van der Waals surface area contributed by atoms with E-state index in [1.165, 1.54) is 6.07 Å². The van der Waals surface area contributed by atoms with E-state index in [9.17, 15) is 14.3 Å². The van der Waals surface area contributed by atoms with Gasteiger partial charge in [0.05, 0.1) is 30.4 Å². The summed E-state index contributed by atoms with van der Waals surface area (Å²) in [5.74, 6) is -1.17. The van der Waals surface area contributed by atoms with Crippen molar-refractivity contribution in [3.8, 4) is 5.69 Å². The smallest absolute Gasteiger partial charge is 0.332 e. The molecule has 0 spiro atoms. The second kappa shape index (κ2) is 8.77. The third-order valence-corrected chi connectivity index (χ3v) is 7.07. The molecule has 0 aliphatic carbocycles. The molecule has 1 aliphatic rings. The summed E-state index contributed by atoms with van der Waals surface area (Å²) in [4.78, 5) is 11.5. The van der Waals surface area contributed by atoms with Gasteiger partial charge in [0.2, 0.25) is 0 Å². The lowest BCUT2D eigenvalue weighted by atomic mass is 9.80. The van der Waals surface area contributed by atoms with E-state index in [1.54, 1.807) is 26.3 Å². The number of hydrogen-bond acceptors (Lipinski definition) is 4. The number of aromatic nitrogens is 3. The van der Waals surface area contributed by atoms with Crippen molar-refractivity contribution in [2.45, 2.75) is 51.0 Å². The Bertz CT molecular complexity index is 1410. The summed E-state index contributed by atoms with van der Waals surface area (Å²) < 4.78 is 27.9. The van der Waals surface area contributed by atoms with Crippen molar-refractivity contribution in [3.63, 3.8) is 0 Å². The van der Waals surface area contributed by atoms with E-state index in [4.69, 9.17) is 9.47 Å². The Morgan fingerprint density at radius 3 is 2.77 bits per heavy atom. The highest BCUT2D eigenvalue weighted by Crippen LogP contribution is 2.44. The minimum Gasteiger partial charge on any atom is -0.479 e. The number of carboxylic acids is 1. The van der Waals surface area contributed by atoms with Crippen LogP contribution in [0.25, 0.3) is 27.5 Å². The number of hydrogen-bond donors (Lipinski definition) is 2. The largest absolute Gasteiger partial charge is 0.479 e. The molecule has 4 aromatic rings. The van der Waals surface area contributed by atoms with E-state index in [0.717, 1.165) is 38.8 Å². The average Bonchev–Trinajstić information content (AvgIpc) is 3.41. The van der Waals surface area contributed by atoms with E-state index in [2.05, 4.69) is 40.7 Å². The van der Waals surface area contributed by atoms with Crippen molar-refractivity contribution < 1.29 is 23.8 Å². The molecule has 0 radical (unpaired) electrons. The van der Waals surface area contributed by atoms with Crippen LogP contribution < -0.4 is 0 Å².